The van der Waals surface area contributed by atoms with Crippen molar-refractivity contribution >= 4 is 52.3 Å². The van der Waals surface area contributed by atoms with E-state index in [1.165, 1.54) is 6.92 Å². The van der Waals surface area contributed by atoms with Gasteiger partial charge in [-0.25, -0.2) is 4.98 Å². The van der Waals surface area contributed by atoms with Crippen molar-refractivity contribution in [2.75, 3.05) is 5.32 Å². The fraction of sp³-hybridized carbons (Fsp3) is 0.154. The second-order valence-electron chi connectivity index (χ2n) is 8.35. The van der Waals surface area contributed by atoms with Gasteiger partial charge < -0.3 is 14.5 Å². The largest absolute Gasteiger partial charge is 0.485 e. The minimum atomic E-state index is -1.06. The molecule has 182 valence electrons. The van der Waals surface area contributed by atoms with Gasteiger partial charge in [0.15, 0.2) is 11.4 Å². The molecule has 1 aliphatic heterocycles. The number of benzene rings is 2. The minimum Gasteiger partial charge on any atom is -0.485 e. The van der Waals surface area contributed by atoms with Crippen LogP contribution in [0.4, 0.5) is 5.69 Å². The third kappa shape index (κ3) is 4.08. The summed E-state index contributed by atoms with van der Waals surface area (Å²) in [7, 11) is 0. The highest BCUT2D eigenvalue weighted by Gasteiger charge is 2.40. The lowest BCUT2D eigenvalue weighted by Gasteiger charge is -2.22. The molecular formula is C26H20Cl2N4O4. The number of hydrogen-bond donors (Lipinski definition) is 1. The Morgan fingerprint density at radius 1 is 1.06 bits per heavy atom. The molecule has 3 heterocycles. The van der Waals surface area contributed by atoms with Gasteiger partial charge in [-0.05, 0) is 50.2 Å². The normalized spacial score (nSPS) is 13.7. The highest BCUT2D eigenvalue weighted by molar-refractivity contribution is 6.38. The van der Waals surface area contributed by atoms with E-state index in [1.54, 1.807) is 42.5 Å². The Kier molecular flexibility index (Phi) is 6.15. The highest BCUT2D eigenvalue weighted by atomic mass is 35.5. The summed E-state index contributed by atoms with van der Waals surface area (Å²) >= 11 is 13.0. The van der Waals surface area contributed by atoms with Crippen LogP contribution in [0.5, 0.6) is 5.75 Å². The Morgan fingerprint density at radius 3 is 2.44 bits per heavy atom. The Balaban J connectivity index is 1.34. The van der Waals surface area contributed by atoms with Crippen LogP contribution in [-0.2, 0) is 11.4 Å². The van der Waals surface area contributed by atoms with Crippen LogP contribution in [0.15, 0.2) is 60.9 Å². The van der Waals surface area contributed by atoms with Crippen LogP contribution >= 0.6 is 23.2 Å². The number of pyridine rings is 1. The van der Waals surface area contributed by atoms with Gasteiger partial charge in [-0.1, -0.05) is 35.3 Å². The first-order chi connectivity index (χ1) is 17.3. The summed E-state index contributed by atoms with van der Waals surface area (Å²) in [5, 5.41) is 3.26. The zero-order chi connectivity index (χ0) is 25.6. The lowest BCUT2D eigenvalue weighted by molar-refractivity contribution is -0.119. The highest BCUT2D eigenvalue weighted by Crippen LogP contribution is 2.34. The molecule has 0 radical (unpaired) electrons. The molecule has 36 heavy (non-hydrogen) atoms. The number of carbonyl (C=O) groups excluding carboxylic acids is 3. The smallest absolute Gasteiger partial charge is 0.262 e. The van der Waals surface area contributed by atoms with Crippen molar-refractivity contribution in [2.24, 2.45) is 0 Å². The van der Waals surface area contributed by atoms with E-state index in [0.29, 0.717) is 22.0 Å². The van der Waals surface area contributed by atoms with Gasteiger partial charge in [0, 0.05) is 23.0 Å². The van der Waals surface area contributed by atoms with Crippen LogP contribution in [0.3, 0.4) is 0 Å². The molecule has 8 nitrogen and oxygen atoms in total. The summed E-state index contributed by atoms with van der Waals surface area (Å²) in [4.78, 5) is 43.9. The van der Waals surface area contributed by atoms with Gasteiger partial charge in [0.05, 0.1) is 27.5 Å². The maximum absolute atomic E-state index is 13.0. The molecule has 1 aliphatic rings. The number of anilines is 1. The zero-order valence-electron chi connectivity index (χ0n) is 19.3. The van der Waals surface area contributed by atoms with E-state index in [0.717, 1.165) is 10.6 Å². The van der Waals surface area contributed by atoms with Crippen molar-refractivity contribution < 1.29 is 19.1 Å². The van der Waals surface area contributed by atoms with E-state index >= 15 is 0 Å². The first-order valence-electron chi connectivity index (χ1n) is 11.1. The number of hydrogen-bond acceptors (Lipinski definition) is 5. The summed E-state index contributed by atoms with van der Waals surface area (Å²) in [6, 6.07) is 12.2. The molecule has 1 N–H and O–H groups in total. The number of ether oxygens (including phenoxy) is 1. The Morgan fingerprint density at radius 2 is 1.75 bits per heavy atom. The predicted octanol–water partition coefficient (Wildman–Crippen LogP) is 5.15. The number of imidazole rings is 1. The third-order valence-corrected chi connectivity index (χ3v) is 6.76. The Hall–Kier alpha value is -3.88. The fourth-order valence-corrected chi connectivity index (χ4v) is 4.64. The SMILES string of the molecule is Cc1cn2cccc(OCc3c(Cl)ccc(NC(=O)C(C)N4C(=O)c5ccccc5C4=O)c3Cl)c2n1. The predicted molar refractivity (Wildman–Crippen MR) is 136 cm³/mol. The van der Waals surface area contributed by atoms with E-state index in [-0.39, 0.29) is 28.4 Å². The molecule has 1 atom stereocenters. The molecule has 0 spiro atoms. The number of fused-ring (bicyclic) bond motifs is 2. The maximum Gasteiger partial charge on any atom is 0.262 e. The number of nitrogens with zero attached hydrogens (tertiary/aromatic N) is 3. The Bertz CT molecular complexity index is 1510. The van der Waals surface area contributed by atoms with Gasteiger partial charge >= 0.3 is 0 Å². The van der Waals surface area contributed by atoms with Gasteiger partial charge in [0.1, 0.15) is 12.6 Å². The molecule has 0 fully saturated rings. The molecule has 4 aromatic rings. The standard InChI is InChI=1S/C26H20Cl2N4O4/c1-14-12-31-11-5-8-21(23(31)29-14)36-13-18-19(27)9-10-20(22(18)28)30-24(33)15(2)32-25(34)16-6-3-4-7-17(16)26(32)35/h3-12,15H,13H2,1-2H3,(H,30,33). The molecule has 3 amide bonds. The van der Waals surface area contributed by atoms with Gasteiger partial charge in [-0.2, -0.15) is 0 Å². The lowest BCUT2D eigenvalue weighted by Crippen LogP contribution is -2.45. The maximum atomic E-state index is 13.0. The number of halogens is 2. The molecular weight excluding hydrogens is 503 g/mol. The topological polar surface area (TPSA) is 93.0 Å². The zero-order valence-corrected chi connectivity index (χ0v) is 20.8. The number of imide groups is 1. The Labute approximate surface area is 216 Å². The van der Waals surface area contributed by atoms with Crippen LogP contribution < -0.4 is 10.1 Å². The van der Waals surface area contributed by atoms with Crippen LogP contribution in [0.2, 0.25) is 10.0 Å². The average Bonchev–Trinajstić information content (AvgIpc) is 3.37. The molecule has 1 unspecified atom stereocenters. The van der Waals surface area contributed by atoms with Crippen LogP contribution in [0, 0.1) is 6.92 Å². The van der Waals surface area contributed by atoms with Crippen LogP contribution in [0.1, 0.15) is 38.9 Å². The van der Waals surface area contributed by atoms with E-state index in [4.69, 9.17) is 27.9 Å². The quantitative estimate of drug-likeness (QED) is 0.353. The summed E-state index contributed by atoms with van der Waals surface area (Å²) in [6.07, 6.45) is 3.75. The van der Waals surface area contributed by atoms with E-state index in [1.807, 2.05) is 29.8 Å². The second kappa shape index (κ2) is 9.29. The van der Waals surface area contributed by atoms with E-state index in [9.17, 15) is 14.4 Å². The average molecular weight is 523 g/mol. The minimum absolute atomic E-state index is 0.0287. The summed E-state index contributed by atoms with van der Waals surface area (Å²) in [5.41, 5.74) is 2.79. The van der Waals surface area contributed by atoms with Gasteiger partial charge in [-0.15, -0.1) is 0 Å². The summed E-state index contributed by atoms with van der Waals surface area (Å²) in [6.45, 7) is 3.40. The first kappa shape index (κ1) is 23.8. The number of aromatic nitrogens is 2. The van der Waals surface area contributed by atoms with E-state index < -0.39 is 23.8 Å². The lowest BCUT2D eigenvalue weighted by atomic mass is 10.1. The molecule has 2 aromatic carbocycles. The molecule has 0 bridgehead atoms. The molecule has 0 saturated heterocycles. The van der Waals surface area contributed by atoms with Crippen molar-refractivity contribution in [3.05, 3.63) is 93.4 Å². The van der Waals surface area contributed by atoms with Crippen LogP contribution in [0.25, 0.3) is 5.65 Å². The van der Waals surface area contributed by atoms with E-state index in [2.05, 4.69) is 10.3 Å². The monoisotopic (exact) mass is 522 g/mol. The molecule has 10 heteroatoms. The fourth-order valence-electron chi connectivity index (χ4n) is 4.11. The molecule has 2 aromatic heterocycles. The van der Waals surface area contributed by atoms with Crippen molar-refractivity contribution in [1.82, 2.24) is 14.3 Å². The number of rotatable bonds is 6. The van der Waals surface area contributed by atoms with Crippen molar-refractivity contribution in [2.45, 2.75) is 26.5 Å². The molecule has 0 aliphatic carbocycles. The number of amides is 3. The third-order valence-electron chi connectivity index (χ3n) is 5.98. The summed E-state index contributed by atoms with van der Waals surface area (Å²) < 4.78 is 7.82. The number of nitrogens with one attached hydrogen (secondary N) is 1. The molecule has 5 rings (SSSR count). The first-order valence-corrected chi connectivity index (χ1v) is 11.8. The van der Waals surface area contributed by atoms with Crippen LogP contribution in [-0.4, -0.2) is 38.0 Å². The van der Waals surface area contributed by atoms with Crippen molar-refractivity contribution in [1.29, 1.82) is 0 Å². The van der Waals surface area contributed by atoms with Crippen molar-refractivity contribution in [3.8, 4) is 5.75 Å². The summed E-state index contributed by atoms with van der Waals surface area (Å²) in [5.74, 6) is -1.06. The van der Waals surface area contributed by atoms with Crippen molar-refractivity contribution in [3.63, 3.8) is 0 Å². The van der Waals surface area contributed by atoms with Gasteiger partial charge in [-0.3, -0.25) is 19.3 Å². The second-order valence-corrected chi connectivity index (χ2v) is 9.14. The van der Waals surface area contributed by atoms with Gasteiger partial charge in [0.25, 0.3) is 11.8 Å². The number of carbonyl (C=O) groups is 3. The van der Waals surface area contributed by atoms with Gasteiger partial charge in [0.2, 0.25) is 5.91 Å². The molecule has 0 saturated carbocycles. The number of aryl methyl sites for hydroxylation is 1.